The number of hydrogen-bond acceptors (Lipinski definition) is 1. The van der Waals surface area contributed by atoms with Gasteiger partial charge in [-0.1, -0.05) is 30.3 Å². The number of aliphatic imine (C=N–C) groups is 1. The highest BCUT2D eigenvalue weighted by atomic mass is 19.3. The summed E-state index contributed by atoms with van der Waals surface area (Å²) in [5, 5.41) is 3.21. The summed E-state index contributed by atoms with van der Waals surface area (Å²) in [6, 6.07) is 9.98. The summed E-state index contributed by atoms with van der Waals surface area (Å²) in [7, 11) is 3.81. The molecular formula is C16H23F2N3. The number of nitrogens with one attached hydrogen (secondary N) is 1. The van der Waals surface area contributed by atoms with Crippen molar-refractivity contribution in [2.75, 3.05) is 20.6 Å². The van der Waals surface area contributed by atoms with Gasteiger partial charge in [-0.3, -0.25) is 0 Å². The lowest BCUT2D eigenvalue weighted by molar-refractivity contribution is 0.00522. The van der Waals surface area contributed by atoms with E-state index in [2.05, 4.69) is 10.3 Å². The average Bonchev–Trinajstić information content (AvgIpc) is 2.79. The summed E-state index contributed by atoms with van der Waals surface area (Å²) in [6.45, 7) is 1.14. The first-order chi connectivity index (χ1) is 9.96. The van der Waals surface area contributed by atoms with E-state index >= 15 is 0 Å². The minimum Gasteiger partial charge on any atom is -0.356 e. The molecule has 5 heteroatoms. The molecule has 1 aliphatic rings. The Morgan fingerprint density at radius 3 is 2.62 bits per heavy atom. The first kappa shape index (κ1) is 15.7. The fraction of sp³-hybridized carbons (Fsp3) is 0.562. The lowest BCUT2D eigenvalue weighted by Gasteiger charge is -2.20. The molecule has 116 valence electrons. The summed E-state index contributed by atoms with van der Waals surface area (Å²) in [5.74, 6) is -1.71. The third-order valence-corrected chi connectivity index (χ3v) is 3.73. The molecular weight excluding hydrogens is 272 g/mol. The smallest absolute Gasteiger partial charge is 0.248 e. The van der Waals surface area contributed by atoms with Gasteiger partial charge in [0.05, 0.1) is 6.54 Å². The van der Waals surface area contributed by atoms with Crippen LogP contribution in [0.4, 0.5) is 8.78 Å². The normalized spacial score (nSPS) is 21.3. The quantitative estimate of drug-likeness (QED) is 0.682. The third-order valence-electron chi connectivity index (χ3n) is 3.73. The standard InChI is InChI=1S/C16H23F2N3/c1-21(2)15(19-11-13-6-4-3-5-7-13)20-12-14-8-9-16(17,18)10-14/h3-7,14H,8-12H2,1-2H3,(H,19,20). The van der Waals surface area contributed by atoms with Gasteiger partial charge in [0, 0.05) is 33.5 Å². The van der Waals surface area contributed by atoms with Gasteiger partial charge in [-0.2, -0.15) is 0 Å². The molecule has 0 amide bonds. The molecule has 21 heavy (non-hydrogen) atoms. The van der Waals surface area contributed by atoms with Crippen LogP contribution in [0.3, 0.4) is 0 Å². The van der Waals surface area contributed by atoms with Crippen molar-refractivity contribution in [3.05, 3.63) is 35.9 Å². The molecule has 0 spiro atoms. The van der Waals surface area contributed by atoms with Gasteiger partial charge in [0.1, 0.15) is 0 Å². The van der Waals surface area contributed by atoms with E-state index in [0.29, 0.717) is 19.5 Å². The van der Waals surface area contributed by atoms with Crippen LogP contribution in [-0.4, -0.2) is 37.4 Å². The van der Waals surface area contributed by atoms with E-state index in [1.807, 2.05) is 49.3 Å². The molecule has 0 aromatic heterocycles. The maximum atomic E-state index is 13.2. The predicted octanol–water partition coefficient (Wildman–Crippen LogP) is 3.13. The highest BCUT2D eigenvalue weighted by Crippen LogP contribution is 2.38. The fourth-order valence-corrected chi connectivity index (χ4v) is 2.56. The second-order valence-corrected chi connectivity index (χ2v) is 5.87. The molecule has 1 unspecified atom stereocenters. The van der Waals surface area contributed by atoms with E-state index in [9.17, 15) is 8.78 Å². The zero-order valence-corrected chi connectivity index (χ0v) is 12.6. The van der Waals surface area contributed by atoms with Gasteiger partial charge in [0.15, 0.2) is 5.96 Å². The minimum atomic E-state index is -2.48. The first-order valence-electron chi connectivity index (χ1n) is 7.34. The Morgan fingerprint density at radius 2 is 2.05 bits per heavy atom. The average molecular weight is 295 g/mol. The van der Waals surface area contributed by atoms with Crippen molar-refractivity contribution in [1.29, 1.82) is 0 Å². The van der Waals surface area contributed by atoms with Crippen molar-refractivity contribution in [2.24, 2.45) is 10.9 Å². The second kappa shape index (κ2) is 6.87. The SMILES string of the molecule is CN(C)C(=NCc1ccccc1)NCC1CCC(F)(F)C1. The number of halogens is 2. The zero-order chi connectivity index (χ0) is 15.3. The lowest BCUT2D eigenvalue weighted by Crippen LogP contribution is -2.39. The molecule has 1 aromatic rings. The molecule has 0 aliphatic heterocycles. The summed E-state index contributed by atoms with van der Waals surface area (Å²) < 4.78 is 26.4. The maximum Gasteiger partial charge on any atom is 0.248 e. The number of nitrogens with zero attached hydrogens (tertiary/aromatic N) is 2. The zero-order valence-electron chi connectivity index (χ0n) is 12.6. The highest BCUT2D eigenvalue weighted by molar-refractivity contribution is 5.79. The predicted molar refractivity (Wildman–Crippen MR) is 81.6 cm³/mol. The van der Waals surface area contributed by atoms with Gasteiger partial charge in [0.25, 0.3) is 0 Å². The summed E-state index contributed by atoms with van der Waals surface area (Å²) in [4.78, 5) is 6.42. The Morgan fingerprint density at radius 1 is 1.33 bits per heavy atom. The molecule has 1 saturated carbocycles. The summed E-state index contributed by atoms with van der Waals surface area (Å²) in [5.41, 5.74) is 1.13. The van der Waals surface area contributed by atoms with E-state index in [1.165, 1.54) is 0 Å². The molecule has 1 N–H and O–H groups in total. The Hall–Kier alpha value is -1.65. The lowest BCUT2D eigenvalue weighted by atomic mass is 10.1. The van der Waals surface area contributed by atoms with Crippen LogP contribution in [0.25, 0.3) is 0 Å². The third kappa shape index (κ3) is 4.99. The Kier molecular flexibility index (Phi) is 5.15. The fourth-order valence-electron chi connectivity index (χ4n) is 2.56. The van der Waals surface area contributed by atoms with E-state index in [-0.39, 0.29) is 18.8 Å². The van der Waals surface area contributed by atoms with Crippen LogP contribution in [0.15, 0.2) is 35.3 Å². The Bertz CT molecular complexity index is 472. The van der Waals surface area contributed by atoms with Crippen molar-refractivity contribution in [1.82, 2.24) is 10.2 Å². The maximum absolute atomic E-state index is 13.2. The molecule has 0 saturated heterocycles. The van der Waals surface area contributed by atoms with Crippen LogP contribution in [0, 0.1) is 5.92 Å². The minimum absolute atomic E-state index is 0.0117. The van der Waals surface area contributed by atoms with Crippen molar-refractivity contribution in [3.63, 3.8) is 0 Å². The van der Waals surface area contributed by atoms with Crippen molar-refractivity contribution < 1.29 is 8.78 Å². The molecule has 1 aromatic carbocycles. The number of alkyl halides is 2. The van der Waals surface area contributed by atoms with E-state index in [1.54, 1.807) is 0 Å². The number of benzene rings is 1. The van der Waals surface area contributed by atoms with Gasteiger partial charge in [-0.05, 0) is 17.9 Å². The molecule has 3 nitrogen and oxygen atoms in total. The molecule has 1 aliphatic carbocycles. The van der Waals surface area contributed by atoms with Crippen LogP contribution in [0.1, 0.15) is 24.8 Å². The Balaban J connectivity index is 1.87. The molecule has 0 heterocycles. The van der Waals surface area contributed by atoms with Gasteiger partial charge in [-0.25, -0.2) is 13.8 Å². The largest absolute Gasteiger partial charge is 0.356 e. The molecule has 0 radical (unpaired) electrons. The first-order valence-corrected chi connectivity index (χ1v) is 7.34. The second-order valence-electron chi connectivity index (χ2n) is 5.87. The van der Waals surface area contributed by atoms with Crippen molar-refractivity contribution in [3.8, 4) is 0 Å². The summed E-state index contributed by atoms with van der Waals surface area (Å²) >= 11 is 0. The molecule has 1 atom stereocenters. The van der Waals surface area contributed by atoms with Crippen molar-refractivity contribution >= 4 is 5.96 Å². The van der Waals surface area contributed by atoms with Crippen molar-refractivity contribution in [2.45, 2.75) is 31.7 Å². The van der Waals surface area contributed by atoms with E-state index in [0.717, 1.165) is 11.5 Å². The van der Waals surface area contributed by atoms with Crippen LogP contribution < -0.4 is 5.32 Å². The van der Waals surface area contributed by atoms with Crippen LogP contribution in [0.5, 0.6) is 0 Å². The van der Waals surface area contributed by atoms with Crippen LogP contribution in [0.2, 0.25) is 0 Å². The number of guanidine groups is 1. The van der Waals surface area contributed by atoms with Gasteiger partial charge in [0.2, 0.25) is 5.92 Å². The Labute approximate surface area is 125 Å². The van der Waals surface area contributed by atoms with E-state index < -0.39 is 5.92 Å². The van der Waals surface area contributed by atoms with Gasteiger partial charge in [-0.15, -0.1) is 0 Å². The van der Waals surface area contributed by atoms with Crippen LogP contribution >= 0.6 is 0 Å². The molecule has 0 bridgehead atoms. The molecule has 2 rings (SSSR count). The van der Waals surface area contributed by atoms with Gasteiger partial charge < -0.3 is 10.2 Å². The molecule has 1 fully saturated rings. The topological polar surface area (TPSA) is 27.6 Å². The summed E-state index contributed by atoms with van der Waals surface area (Å²) in [6.07, 6.45) is 0.580. The number of hydrogen-bond donors (Lipinski definition) is 1. The highest BCUT2D eigenvalue weighted by Gasteiger charge is 2.39. The monoisotopic (exact) mass is 295 g/mol. The van der Waals surface area contributed by atoms with E-state index in [4.69, 9.17) is 0 Å². The number of rotatable bonds is 4. The van der Waals surface area contributed by atoms with Gasteiger partial charge >= 0.3 is 0 Å². The van der Waals surface area contributed by atoms with Crippen LogP contribution in [-0.2, 0) is 6.54 Å².